The summed E-state index contributed by atoms with van der Waals surface area (Å²) in [7, 11) is 1.71. The van der Waals surface area contributed by atoms with E-state index in [1.807, 2.05) is 42.9 Å². The van der Waals surface area contributed by atoms with Gasteiger partial charge < -0.3 is 4.74 Å². The van der Waals surface area contributed by atoms with Crippen LogP contribution in [0.15, 0.2) is 66.3 Å². The number of hydrogen-bond donors (Lipinski definition) is 0. The van der Waals surface area contributed by atoms with Gasteiger partial charge in [0, 0.05) is 55.5 Å². The Balaban J connectivity index is 1.78. The molecule has 6 heteroatoms. The number of para-hydroxylation sites is 1. The van der Waals surface area contributed by atoms with Crippen LogP contribution in [-0.2, 0) is 19.6 Å². The van der Waals surface area contributed by atoms with E-state index < -0.39 is 0 Å². The van der Waals surface area contributed by atoms with Crippen molar-refractivity contribution in [3.63, 3.8) is 0 Å². The minimum absolute atomic E-state index is 0.754. The molecule has 0 bridgehead atoms. The van der Waals surface area contributed by atoms with E-state index in [1.54, 1.807) is 25.1 Å². The minimum Gasteiger partial charge on any atom is -0.496 e. The van der Waals surface area contributed by atoms with Gasteiger partial charge in [0.05, 0.1) is 7.11 Å². The lowest BCUT2D eigenvalue weighted by molar-refractivity contribution is 0.242. The van der Waals surface area contributed by atoms with Crippen LogP contribution in [0.2, 0.25) is 0 Å². The molecule has 2 aromatic heterocycles. The van der Waals surface area contributed by atoms with Crippen molar-refractivity contribution in [2.75, 3.05) is 12.9 Å². The van der Waals surface area contributed by atoms with E-state index in [0.29, 0.717) is 0 Å². The average Bonchev–Trinajstić information content (AvgIpc) is 2.71. The number of nitrogens with zero attached hydrogens (tertiary/aromatic N) is 4. The first-order chi connectivity index (χ1) is 13.3. The van der Waals surface area contributed by atoms with E-state index in [1.165, 1.54) is 5.56 Å². The molecular formula is C21H24N4OS. The molecule has 0 amide bonds. The molecule has 1 aromatic carbocycles. The lowest BCUT2D eigenvalue weighted by Crippen LogP contribution is -2.23. The highest BCUT2D eigenvalue weighted by molar-refractivity contribution is 7.99. The predicted octanol–water partition coefficient (Wildman–Crippen LogP) is 4.19. The Morgan fingerprint density at radius 3 is 2.41 bits per heavy atom. The number of thioether (sulfide) groups is 1. The van der Waals surface area contributed by atoms with Gasteiger partial charge in [0.2, 0.25) is 0 Å². The molecule has 0 saturated carbocycles. The molecule has 0 atom stereocenters. The fourth-order valence-electron chi connectivity index (χ4n) is 2.88. The second-order valence-electron chi connectivity index (χ2n) is 6.13. The van der Waals surface area contributed by atoms with Crippen LogP contribution in [0, 0.1) is 0 Å². The summed E-state index contributed by atoms with van der Waals surface area (Å²) in [6.45, 7) is 4.41. The van der Waals surface area contributed by atoms with Gasteiger partial charge in [-0.05, 0) is 23.4 Å². The van der Waals surface area contributed by atoms with Crippen molar-refractivity contribution in [3.8, 4) is 5.75 Å². The number of methoxy groups -OCH3 is 1. The van der Waals surface area contributed by atoms with Crippen molar-refractivity contribution in [1.29, 1.82) is 0 Å². The van der Waals surface area contributed by atoms with Gasteiger partial charge >= 0.3 is 0 Å². The third-order valence-corrected chi connectivity index (χ3v) is 4.83. The molecule has 2 heterocycles. The maximum atomic E-state index is 5.52. The second-order valence-corrected chi connectivity index (χ2v) is 7.36. The molecule has 3 aromatic rings. The summed E-state index contributed by atoms with van der Waals surface area (Å²) in [6.07, 6.45) is 7.55. The van der Waals surface area contributed by atoms with Crippen LogP contribution in [0.4, 0.5) is 0 Å². The Kier molecular flexibility index (Phi) is 7.19. The van der Waals surface area contributed by atoms with Gasteiger partial charge in [-0.2, -0.15) is 0 Å². The summed E-state index contributed by atoms with van der Waals surface area (Å²) < 4.78 is 5.52. The summed E-state index contributed by atoms with van der Waals surface area (Å²) in [4.78, 5) is 15.5. The van der Waals surface area contributed by atoms with Gasteiger partial charge in [0.25, 0.3) is 0 Å². The van der Waals surface area contributed by atoms with Gasteiger partial charge in [-0.3, -0.25) is 9.88 Å². The molecule has 0 unspecified atom stereocenters. The molecule has 0 aliphatic carbocycles. The molecule has 0 fully saturated rings. The Morgan fingerprint density at radius 1 is 0.926 bits per heavy atom. The molecule has 3 rings (SSSR count). The van der Waals surface area contributed by atoms with E-state index in [-0.39, 0.29) is 0 Å². The molecule has 0 radical (unpaired) electrons. The lowest BCUT2D eigenvalue weighted by atomic mass is 10.1. The smallest absolute Gasteiger partial charge is 0.187 e. The first-order valence-corrected chi connectivity index (χ1v) is 9.94. The van der Waals surface area contributed by atoms with Crippen LogP contribution >= 0.6 is 11.8 Å². The summed E-state index contributed by atoms with van der Waals surface area (Å²) in [5.74, 6) is 1.87. The highest BCUT2D eigenvalue weighted by atomic mass is 32.2. The zero-order chi connectivity index (χ0) is 18.9. The minimum atomic E-state index is 0.754. The first kappa shape index (κ1) is 19.3. The fraction of sp³-hybridized carbons (Fsp3) is 0.286. The third-order valence-electron chi connectivity index (χ3n) is 4.08. The van der Waals surface area contributed by atoms with E-state index in [9.17, 15) is 0 Å². The zero-order valence-electron chi connectivity index (χ0n) is 15.7. The van der Waals surface area contributed by atoms with Crippen molar-refractivity contribution in [1.82, 2.24) is 19.9 Å². The molecule has 0 spiro atoms. The quantitative estimate of drug-likeness (QED) is 0.410. The van der Waals surface area contributed by atoms with Crippen LogP contribution in [0.25, 0.3) is 0 Å². The van der Waals surface area contributed by atoms with Gasteiger partial charge in [0.1, 0.15) is 5.75 Å². The molecule has 140 valence electrons. The summed E-state index contributed by atoms with van der Waals surface area (Å²) >= 11 is 1.65. The third kappa shape index (κ3) is 5.77. The lowest BCUT2D eigenvalue weighted by Gasteiger charge is -2.23. The standard InChI is InChI=1S/C21H24N4OS/c1-3-27-21-23-12-18(13-24-21)15-25(14-17-7-6-10-22-11-17)16-19-8-4-5-9-20(19)26-2/h4-13H,3,14-16H2,1-2H3. The molecule has 0 N–H and O–H groups in total. The largest absolute Gasteiger partial charge is 0.496 e. The normalized spacial score (nSPS) is 10.9. The highest BCUT2D eigenvalue weighted by Crippen LogP contribution is 2.21. The number of ether oxygens (including phenoxy) is 1. The molecule has 0 aliphatic heterocycles. The maximum Gasteiger partial charge on any atom is 0.187 e. The number of rotatable bonds is 9. The van der Waals surface area contributed by atoms with Crippen LogP contribution in [-0.4, -0.2) is 32.7 Å². The van der Waals surface area contributed by atoms with Crippen LogP contribution in [0.5, 0.6) is 5.75 Å². The second kappa shape index (κ2) is 10.0. The van der Waals surface area contributed by atoms with Crippen LogP contribution in [0.1, 0.15) is 23.6 Å². The Morgan fingerprint density at radius 2 is 1.70 bits per heavy atom. The summed E-state index contributed by atoms with van der Waals surface area (Å²) in [5.41, 5.74) is 3.42. The van der Waals surface area contributed by atoms with Gasteiger partial charge in [-0.1, -0.05) is 43.0 Å². The average molecular weight is 381 g/mol. The van der Waals surface area contributed by atoms with Crippen LogP contribution < -0.4 is 4.74 Å². The summed E-state index contributed by atoms with van der Waals surface area (Å²) in [6, 6.07) is 12.2. The first-order valence-electron chi connectivity index (χ1n) is 8.95. The van der Waals surface area contributed by atoms with E-state index in [2.05, 4.69) is 38.9 Å². The highest BCUT2D eigenvalue weighted by Gasteiger charge is 2.12. The maximum absolute atomic E-state index is 5.52. The SMILES string of the molecule is CCSc1ncc(CN(Cc2cccnc2)Cc2ccccc2OC)cn1. The number of pyridine rings is 1. The number of hydrogen-bond acceptors (Lipinski definition) is 6. The van der Waals surface area contributed by atoms with E-state index >= 15 is 0 Å². The van der Waals surface area contributed by atoms with Gasteiger partial charge in [-0.15, -0.1) is 0 Å². The van der Waals surface area contributed by atoms with Crippen molar-refractivity contribution >= 4 is 11.8 Å². The molecular weight excluding hydrogens is 356 g/mol. The van der Waals surface area contributed by atoms with Crippen molar-refractivity contribution in [2.45, 2.75) is 31.7 Å². The predicted molar refractivity (Wildman–Crippen MR) is 109 cm³/mol. The van der Waals surface area contributed by atoms with Crippen molar-refractivity contribution in [3.05, 3.63) is 77.9 Å². The van der Waals surface area contributed by atoms with Crippen LogP contribution in [0.3, 0.4) is 0 Å². The molecule has 0 aliphatic rings. The van der Waals surface area contributed by atoms with Gasteiger partial charge in [0.15, 0.2) is 5.16 Å². The molecule has 0 saturated heterocycles. The van der Waals surface area contributed by atoms with E-state index in [0.717, 1.165) is 47.4 Å². The van der Waals surface area contributed by atoms with Crippen molar-refractivity contribution in [2.24, 2.45) is 0 Å². The number of benzene rings is 1. The Labute approximate surface area is 164 Å². The topological polar surface area (TPSA) is 51.1 Å². The van der Waals surface area contributed by atoms with Gasteiger partial charge in [-0.25, -0.2) is 9.97 Å². The zero-order valence-corrected chi connectivity index (χ0v) is 16.5. The molecule has 27 heavy (non-hydrogen) atoms. The fourth-order valence-corrected chi connectivity index (χ4v) is 3.39. The summed E-state index contributed by atoms with van der Waals surface area (Å²) in [5, 5.41) is 0.824. The van der Waals surface area contributed by atoms with E-state index in [4.69, 9.17) is 4.74 Å². The van der Waals surface area contributed by atoms with Crippen molar-refractivity contribution < 1.29 is 4.74 Å². The Bertz CT molecular complexity index is 827. The monoisotopic (exact) mass is 380 g/mol. The molecule has 5 nitrogen and oxygen atoms in total. The Hall–Kier alpha value is -2.44. The number of aromatic nitrogens is 3.